The molecule has 0 heterocycles. The third-order valence-corrected chi connectivity index (χ3v) is 5.55. The summed E-state index contributed by atoms with van der Waals surface area (Å²) < 4.78 is 5.78. The molecule has 0 amide bonds. The van der Waals surface area contributed by atoms with Gasteiger partial charge in [0, 0.05) is 0 Å². The molecule has 2 aromatic carbocycles. The van der Waals surface area contributed by atoms with Crippen molar-refractivity contribution in [3.63, 3.8) is 0 Å². The first kappa shape index (κ1) is 21.5. The molecule has 0 bridgehead atoms. The third kappa shape index (κ3) is 3.61. The second kappa shape index (κ2) is 8.05. The van der Waals surface area contributed by atoms with E-state index in [1.807, 2.05) is 13.8 Å². The van der Waals surface area contributed by atoms with E-state index in [0.717, 1.165) is 17.5 Å². The maximum absolute atomic E-state index is 13.0. The van der Waals surface area contributed by atoms with Crippen LogP contribution in [0.1, 0.15) is 73.0 Å². The Hall–Kier alpha value is -2.82. The Kier molecular flexibility index (Phi) is 6.17. The summed E-state index contributed by atoms with van der Waals surface area (Å²) >= 11 is 0. The normalized spacial score (nSPS) is 10.8. The molecule has 0 saturated carbocycles. The molecular weight excluding hydrogens is 356 g/mol. The van der Waals surface area contributed by atoms with E-state index >= 15 is 0 Å². The van der Waals surface area contributed by atoms with Crippen LogP contribution in [0.5, 0.6) is 11.5 Å². The van der Waals surface area contributed by atoms with Gasteiger partial charge in [-0.1, -0.05) is 13.3 Å². The number of carbonyl (C=O) groups excluding carboxylic acids is 1. The molecule has 0 aliphatic rings. The second-order valence-electron chi connectivity index (χ2n) is 7.34. The van der Waals surface area contributed by atoms with E-state index in [-0.39, 0.29) is 11.3 Å². The number of hydrogen-bond acceptors (Lipinski definition) is 4. The van der Waals surface area contributed by atoms with Crippen molar-refractivity contribution in [1.82, 2.24) is 0 Å². The number of carbonyl (C=O) groups is 2. The lowest BCUT2D eigenvalue weighted by Crippen LogP contribution is -2.17. The number of hydrogen-bond donors (Lipinski definition) is 2. The molecule has 5 heteroatoms. The Morgan fingerprint density at radius 1 is 0.893 bits per heavy atom. The van der Waals surface area contributed by atoms with Crippen LogP contribution in [-0.2, 0) is 6.42 Å². The molecule has 2 N–H and O–H groups in total. The number of ether oxygens (including phenoxy) is 1. The van der Waals surface area contributed by atoms with Crippen LogP contribution in [0, 0.1) is 41.5 Å². The molecule has 0 unspecified atom stereocenters. The molecule has 0 atom stereocenters. The quantitative estimate of drug-likeness (QED) is 0.553. The highest BCUT2D eigenvalue weighted by atomic mass is 16.5. The van der Waals surface area contributed by atoms with Gasteiger partial charge in [0.1, 0.15) is 11.5 Å². The first-order chi connectivity index (χ1) is 13.0. The van der Waals surface area contributed by atoms with Crippen molar-refractivity contribution in [2.45, 2.75) is 61.3 Å². The maximum Gasteiger partial charge on any atom is 0.344 e. The van der Waals surface area contributed by atoms with Gasteiger partial charge < -0.3 is 14.9 Å². The van der Waals surface area contributed by atoms with Crippen LogP contribution in [-0.4, -0.2) is 22.2 Å². The zero-order valence-corrected chi connectivity index (χ0v) is 17.6. The molecule has 0 fully saturated rings. The Morgan fingerprint density at radius 2 is 1.43 bits per heavy atom. The summed E-state index contributed by atoms with van der Waals surface area (Å²) in [4.78, 5) is 24.6. The van der Waals surface area contributed by atoms with Gasteiger partial charge in [-0.2, -0.15) is 0 Å². The number of benzene rings is 2. The molecule has 150 valence electrons. The van der Waals surface area contributed by atoms with E-state index in [0.29, 0.717) is 45.6 Å². The molecule has 2 aromatic rings. The number of esters is 1. The fraction of sp³-hybridized carbons (Fsp3) is 0.391. The number of aromatic carboxylic acids is 1. The second-order valence-corrected chi connectivity index (χ2v) is 7.34. The van der Waals surface area contributed by atoms with E-state index < -0.39 is 11.9 Å². The molecule has 0 radical (unpaired) electrons. The number of rotatable bonds is 5. The van der Waals surface area contributed by atoms with E-state index in [1.165, 1.54) is 0 Å². The lowest BCUT2D eigenvalue weighted by atomic mass is 9.92. The summed E-state index contributed by atoms with van der Waals surface area (Å²) in [5, 5.41) is 19.7. The summed E-state index contributed by atoms with van der Waals surface area (Å²) in [6, 6.07) is 1.60. The molecule has 0 aromatic heterocycles. The topological polar surface area (TPSA) is 83.8 Å². The Morgan fingerprint density at radius 3 is 1.89 bits per heavy atom. The fourth-order valence-corrected chi connectivity index (χ4v) is 3.78. The van der Waals surface area contributed by atoms with Gasteiger partial charge >= 0.3 is 11.9 Å². The van der Waals surface area contributed by atoms with Crippen molar-refractivity contribution in [3.8, 4) is 11.5 Å². The van der Waals surface area contributed by atoms with Gasteiger partial charge in [-0.05, 0) is 93.0 Å². The van der Waals surface area contributed by atoms with Crippen LogP contribution >= 0.6 is 0 Å². The van der Waals surface area contributed by atoms with Crippen molar-refractivity contribution < 1.29 is 24.5 Å². The predicted molar refractivity (Wildman–Crippen MR) is 109 cm³/mol. The van der Waals surface area contributed by atoms with Crippen molar-refractivity contribution in [2.24, 2.45) is 0 Å². The molecule has 0 aliphatic carbocycles. The minimum atomic E-state index is -0.992. The molecule has 0 aliphatic heterocycles. The van der Waals surface area contributed by atoms with Crippen molar-refractivity contribution in [2.75, 3.05) is 0 Å². The number of aromatic hydroxyl groups is 1. The number of aryl methyl sites for hydroxylation is 1. The Balaban J connectivity index is 2.58. The van der Waals surface area contributed by atoms with Crippen molar-refractivity contribution in [1.29, 1.82) is 0 Å². The summed E-state index contributed by atoms with van der Waals surface area (Å²) in [5.41, 5.74) is 5.25. The predicted octanol–water partition coefficient (Wildman–Crippen LogP) is 5.11. The monoisotopic (exact) mass is 384 g/mol. The van der Waals surface area contributed by atoms with Crippen LogP contribution in [0.15, 0.2) is 6.07 Å². The van der Waals surface area contributed by atoms with Gasteiger partial charge in [0.15, 0.2) is 0 Å². The SMILES string of the molecule is CCCc1c(O)cc(C)c(C(=O)Oc2c(C)c(C)c(C(=O)O)c(C)c2C)c1C. The van der Waals surface area contributed by atoms with Crippen LogP contribution in [0.3, 0.4) is 0 Å². The summed E-state index contributed by atoms with van der Waals surface area (Å²) in [5.74, 6) is -0.902. The smallest absolute Gasteiger partial charge is 0.344 e. The Bertz CT molecular complexity index is 941. The van der Waals surface area contributed by atoms with Gasteiger partial charge in [0.2, 0.25) is 0 Å². The van der Waals surface area contributed by atoms with Crippen LogP contribution in [0.2, 0.25) is 0 Å². The number of carboxylic acid groups (broad SMARTS) is 1. The lowest BCUT2D eigenvalue weighted by Gasteiger charge is -2.20. The summed E-state index contributed by atoms with van der Waals surface area (Å²) in [6.45, 7) is 12.6. The first-order valence-electron chi connectivity index (χ1n) is 9.40. The number of carboxylic acids is 1. The molecule has 2 rings (SSSR count). The standard InChI is InChI=1S/C23H28O5/c1-8-9-17-16(7)19(11(2)10-18(17)24)23(27)28-21-14(5)12(3)20(22(25)26)13(4)15(21)6/h10,24H,8-9H2,1-7H3,(H,25,26). The van der Waals surface area contributed by atoms with Gasteiger partial charge in [-0.3, -0.25) is 0 Å². The number of phenolic OH excluding ortho intramolecular Hbond substituents is 1. The summed E-state index contributed by atoms with van der Waals surface area (Å²) in [6.07, 6.45) is 1.51. The Labute approximate surface area is 166 Å². The highest BCUT2D eigenvalue weighted by Gasteiger charge is 2.24. The maximum atomic E-state index is 13.0. The molecule has 5 nitrogen and oxygen atoms in total. The van der Waals surface area contributed by atoms with E-state index in [9.17, 15) is 19.8 Å². The zero-order chi connectivity index (χ0) is 21.3. The van der Waals surface area contributed by atoms with Crippen LogP contribution < -0.4 is 4.74 Å². The highest BCUT2D eigenvalue weighted by molar-refractivity contribution is 5.96. The average molecular weight is 384 g/mol. The van der Waals surface area contributed by atoms with E-state index in [4.69, 9.17) is 4.74 Å². The third-order valence-electron chi connectivity index (χ3n) is 5.55. The van der Waals surface area contributed by atoms with Gasteiger partial charge in [0.05, 0.1) is 11.1 Å². The molecule has 28 heavy (non-hydrogen) atoms. The molecule has 0 spiro atoms. The van der Waals surface area contributed by atoms with Crippen LogP contribution in [0.25, 0.3) is 0 Å². The lowest BCUT2D eigenvalue weighted by molar-refractivity contribution is 0.0694. The van der Waals surface area contributed by atoms with Crippen molar-refractivity contribution >= 4 is 11.9 Å². The fourth-order valence-electron chi connectivity index (χ4n) is 3.78. The largest absolute Gasteiger partial charge is 0.508 e. The minimum Gasteiger partial charge on any atom is -0.508 e. The van der Waals surface area contributed by atoms with Gasteiger partial charge in [-0.15, -0.1) is 0 Å². The number of phenols is 1. The first-order valence-corrected chi connectivity index (χ1v) is 9.40. The van der Waals surface area contributed by atoms with Crippen molar-refractivity contribution in [3.05, 3.63) is 56.1 Å². The van der Waals surface area contributed by atoms with Crippen LogP contribution in [0.4, 0.5) is 0 Å². The summed E-state index contributed by atoms with van der Waals surface area (Å²) in [7, 11) is 0. The molecule has 0 saturated heterocycles. The molecular formula is C23H28O5. The van der Waals surface area contributed by atoms with Gasteiger partial charge in [0.25, 0.3) is 0 Å². The highest BCUT2D eigenvalue weighted by Crippen LogP contribution is 2.35. The zero-order valence-electron chi connectivity index (χ0n) is 17.6. The van der Waals surface area contributed by atoms with E-state index in [2.05, 4.69) is 0 Å². The average Bonchev–Trinajstić information content (AvgIpc) is 2.60. The minimum absolute atomic E-state index is 0.193. The van der Waals surface area contributed by atoms with Gasteiger partial charge in [-0.25, -0.2) is 9.59 Å². The van der Waals surface area contributed by atoms with E-state index in [1.54, 1.807) is 40.7 Å².